The molecule has 1 N–H and O–H groups in total. The number of hydrogen-bond donors (Lipinski definition) is 1. The minimum atomic E-state index is -4.45. The third-order valence-electron chi connectivity index (χ3n) is 4.35. The Bertz CT molecular complexity index is 531. The molecule has 1 saturated carbocycles. The van der Waals surface area contributed by atoms with Gasteiger partial charge >= 0.3 is 6.18 Å². The molecule has 1 aromatic rings. The molecule has 5 heteroatoms. The van der Waals surface area contributed by atoms with Crippen LogP contribution in [0.3, 0.4) is 0 Å². The maximum absolute atomic E-state index is 13.1. The van der Waals surface area contributed by atoms with E-state index in [4.69, 9.17) is 5.26 Å². The summed E-state index contributed by atoms with van der Waals surface area (Å²) < 4.78 is 39.2. The van der Waals surface area contributed by atoms with Gasteiger partial charge in [0.25, 0.3) is 0 Å². The molecule has 0 aliphatic heterocycles. The van der Waals surface area contributed by atoms with Crippen LogP contribution in [-0.4, -0.2) is 6.54 Å². The quantitative estimate of drug-likeness (QED) is 0.865. The zero-order chi connectivity index (χ0) is 15.5. The summed E-state index contributed by atoms with van der Waals surface area (Å²) in [5, 5.41) is 11.7. The van der Waals surface area contributed by atoms with Crippen molar-refractivity contribution in [2.45, 2.75) is 38.8 Å². The average molecular weight is 296 g/mol. The second kappa shape index (κ2) is 6.38. The van der Waals surface area contributed by atoms with Crippen LogP contribution < -0.4 is 5.32 Å². The Labute approximate surface area is 123 Å². The lowest BCUT2D eigenvalue weighted by Crippen LogP contribution is -2.20. The van der Waals surface area contributed by atoms with E-state index in [2.05, 4.69) is 12.2 Å². The SMILES string of the molecule is CCC1CCCC1CNc1ccc(C#N)cc1C(F)(F)F. The molecule has 0 heterocycles. The molecular weight excluding hydrogens is 277 g/mol. The standard InChI is InChI=1S/C16H19F3N2/c1-2-12-4-3-5-13(12)10-21-15-7-6-11(9-20)8-14(15)16(17,18)19/h6-8,12-13,21H,2-5,10H2,1H3. The highest BCUT2D eigenvalue weighted by Gasteiger charge is 2.34. The van der Waals surface area contributed by atoms with E-state index in [1.807, 2.05) is 0 Å². The number of benzene rings is 1. The van der Waals surface area contributed by atoms with Crippen molar-refractivity contribution in [1.29, 1.82) is 5.26 Å². The van der Waals surface area contributed by atoms with Crippen molar-refractivity contribution >= 4 is 5.69 Å². The lowest BCUT2D eigenvalue weighted by Gasteiger charge is -2.21. The number of hydrogen-bond acceptors (Lipinski definition) is 2. The van der Waals surface area contributed by atoms with Gasteiger partial charge in [0, 0.05) is 12.2 Å². The van der Waals surface area contributed by atoms with E-state index in [0.29, 0.717) is 18.4 Å². The molecule has 0 bridgehead atoms. The van der Waals surface area contributed by atoms with E-state index in [1.165, 1.54) is 18.6 Å². The predicted octanol–water partition coefficient (Wildman–Crippen LogP) is 4.82. The summed E-state index contributed by atoms with van der Waals surface area (Å²) in [4.78, 5) is 0. The van der Waals surface area contributed by atoms with Crippen molar-refractivity contribution in [3.63, 3.8) is 0 Å². The van der Waals surface area contributed by atoms with E-state index in [-0.39, 0.29) is 11.3 Å². The summed E-state index contributed by atoms with van der Waals surface area (Å²) in [5.74, 6) is 1.04. The van der Waals surface area contributed by atoms with E-state index < -0.39 is 11.7 Å². The van der Waals surface area contributed by atoms with Crippen LogP contribution >= 0.6 is 0 Å². The molecule has 0 aromatic heterocycles. The van der Waals surface area contributed by atoms with Crippen LogP contribution in [0, 0.1) is 23.2 Å². The molecule has 1 aliphatic rings. The van der Waals surface area contributed by atoms with Gasteiger partial charge in [0.1, 0.15) is 0 Å². The Morgan fingerprint density at radius 2 is 2.00 bits per heavy atom. The van der Waals surface area contributed by atoms with Crippen LogP contribution in [-0.2, 0) is 6.18 Å². The van der Waals surface area contributed by atoms with Crippen molar-refractivity contribution < 1.29 is 13.2 Å². The number of nitriles is 1. The first kappa shape index (κ1) is 15.7. The number of nitrogens with one attached hydrogen (secondary N) is 1. The zero-order valence-electron chi connectivity index (χ0n) is 12.0. The number of nitrogens with zero attached hydrogens (tertiary/aromatic N) is 1. The Morgan fingerprint density at radius 1 is 1.29 bits per heavy atom. The summed E-state index contributed by atoms with van der Waals surface area (Å²) in [7, 11) is 0. The highest BCUT2D eigenvalue weighted by Crippen LogP contribution is 2.37. The lowest BCUT2D eigenvalue weighted by atomic mass is 9.93. The fourth-order valence-corrected chi connectivity index (χ4v) is 3.16. The van der Waals surface area contributed by atoms with Gasteiger partial charge in [0.15, 0.2) is 0 Å². The van der Waals surface area contributed by atoms with Crippen molar-refractivity contribution in [1.82, 2.24) is 0 Å². The molecule has 2 nitrogen and oxygen atoms in total. The van der Waals surface area contributed by atoms with Gasteiger partial charge in [-0.3, -0.25) is 0 Å². The van der Waals surface area contributed by atoms with Crippen LogP contribution in [0.15, 0.2) is 18.2 Å². The smallest absolute Gasteiger partial charge is 0.384 e. The number of rotatable bonds is 4. The van der Waals surface area contributed by atoms with Gasteiger partial charge in [-0.05, 0) is 36.5 Å². The maximum Gasteiger partial charge on any atom is 0.418 e. The summed E-state index contributed by atoms with van der Waals surface area (Å²) in [6.45, 7) is 2.69. The van der Waals surface area contributed by atoms with E-state index in [1.54, 1.807) is 6.07 Å². The highest BCUT2D eigenvalue weighted by molar-refractivity contribution is 5.56. The van der Waals surface area contributed by atoms with E-state index >= 15 is 0 Å². The van der Waals surface area contributed by atoms with E-state index in [9.17, 15) is 13.2 Å². The summed E-state index contributed by atoms with van der Waals surface area (Å²) in [5.41, 5.74) is -0.656. The largest absolute Gasteiger partial charge is 0.418 e. The second-order valence-electron chi connectivity index (χ2n) is 5.61. The van der Waals surface area contributed by atoms with Crippen molar-refractivity contribution in [3.05, 3.63) is 29.3 Å². The fourth-order valence-electron chi connectivity index (χ4n) is 3.16. The molecule has 0 radical (unpaired) electrons. The van der Waals surface area contributed by atoms with Gasteiger partial charge in [-0.25, -0.2) is 0 Å². The van der Waals surface area contributed by atoms with Crippen molar-refractivity contribution in [2.75, 3.05) is 11.9 Å². The fraction of sp³-hybridized carbons (Fsp3) is 0.562. The first-order valence-electron chi connectivity index (χ1n) is 7.31. The minimum Gasteiger partial charge on any atom is -0.384 e. The molecular formula is C16H19F3N2. The zero-order valence-corrected chi connectivity index (χ0v) is 12.0. The highest BCUT2D eigenvalue weighted by atomic mass is 19.4. The monoisotopic (exact) mass is 296 g/mol. The molecule has 0 spiro atoms. The first-order chi connectivity index (χ1) is 9.95. The van der Waals surface area contributed by atoms with Gasteiger partial charge in [-0.2, -0.15) is 18.4 Å². The maximum atomic E-state index is 13.1. The van der Waals surface area contributed by atoms with Crippen LogP contribution in [0.4, 0.5) is 18.9 Å². The Hall–Kier alpha value is -1.70. The van der Waals surface area contributed by atoms with Gasteiger partial charge in [-0.1, -0.05) is 26.2 Å². The Kier molecular flexibility index (Phi) is 4.76. The number of anilines is 1. The number of halogens is 3. The summed E-state index contributed by atoms with van der Waals surface area (Å²) in [6, 6.07) is 5.44. The summed E-state index contributed by atoms with van der Waals surface area (Å²) in [6.07, 6.45) is 0.0245. The van der Waals surface area contributed by atoms with Gasteiger partial charge < -0.3 is 5.32 Å². The van der Waals surface area contributed by atoms with Gasteiger partial charge in [0.2, 0.25) is 0 Å². The van der Waals surface area contributed by atoms with Crippen LogP contribution in [0.25, 0.3) is 0 Å². The molecule has 1 aliphatic carbocycles. The summed E-state index contributed by atoms with van der Waals surface area (Å²) >= 11 is 0. The van der Waals surface area contributed by atoms with Gasteiger partial charge in [-0.15, -0.1) is 0 Å². The van der Waals surface area contributed by atoms with Crippen molar-refractivity contribution in [2.24, 2.45) is 11.8 Å². The van der Waals surface area contributed by atoms with Crippen LogP contribution in [0.5, 0.6) is 0 Å². The first-order valence-corrected chi connectivity index (χ1v) is 7.31. The molecule has 0 saturated heterocycles. The minimum absolute atomic E-state index is 0.0279. The van der Waals surface area contributed by atoms with Crippen LogP contribution in [0.2, 0.25) is 0 Å². The second-order valence-corrected chi connectivity index (χ2v) is 5.61. The third kappa shape index (κ3) is 3.69. The number of alkyl halides is 3. The third-order valence-corrected chi connectivity index (χ3v) is 4.35. The Morgan fingerprint density at radius 3 is 2.62 bits per heavy atom. The topological polar surface area (TPSA) is 35.8 Å². The molecule has 1 aromatic carbocycles. The normalized spacial score (nSPS) is 22.0. The Balaban J connectivity index is 2.14. The molecule has 2 rings (SSSR count). The average Bonchev–Trinajstić information content (AvgIpc) is 2.91. The molecule has 1 fully saturated rings. The molecule has 114 valence electrons. The molecule has 21 heavy (non-hydrogen) atoms. The van der Waals surface area contributed by atoms with Crippen LogP contribution in [0.1, 0.15) is 43.7 Å². The van der Waals surface area contributed by atoms with E-state index in [0.717, 1.165) is 25.3 Å². The molecule has 0 amide bonds. The van der Waals surface area contributed by atoms with Gasteiger partial charge in [0.05, 0.1) is 17.2 Å². The predicted molar refractivity (Wildman–Crippen MR) is 75.8 cm³/mol. The molecule has 2 atom stereocenters. The lowest BCUT2D eigenvalue weighted by molar-refractivity contribution is -0.137. The molecule has 2 unspecified atom stereocenters. The van der Waals surface area contributed by atoms with Crippen molar-refractivity contribution in [3.8, 4) is 6.07 Å².